The number of nitrogens with one attached hydrogen (secondary N) is 1. The molecule has 128 valence electrons. The van der Waals surface area contributed by atoms with E-state index < -0.39 is 6.04 Å². The van der Waals surface area contributed by atoms with Crippen LogP contribution in [0.25, 0.3) is 11.2 Å². The highest BCUT2D eigenvalue weighted by Crippen LogP contribution is 2.24. The number of carbonyl (C=O) groups is 1. The number of hydrogen-bond acceptors (Lipinski definition) is 4. The minimum Gasteiger partial charge on any atom is -0.309 e. The van der Waals surface area contributed by atoms with E-state index in [1.807, 2.05) is 61.5 Å². The lowest BCUT2D eigenvalue weighted by atomic mass is 10.1. The van der Waals surface area contributed by atoms with Crippen LogP contribution in [-0.2, 0) is 4.79 Å². The molecule has 6 nitrogen and oxygen atoms in total. The van der Waals surface area contributed by atoms with Crippen LogP contribution in [0.1, 0.15) is 17.2 Å². The molecular formula is C20H17N5O. The van der Waals surface area contributed by atoms with Gasteiger partial charge in [-0.05, 0) is 42.3 Å². The second-order valence-electron chi connectivity index (χ2n) is 6.02. The van der Waals surface area contributed by atoms with Crippen LogP contribution in [-0.4, -0.2) is 25.4 Å². The van der Waals surface area contributed by atoms with Crippen LogP contribution in [0.4, 0.5) is 5.82 Å². The van der Waals surface area contributed by atoms with Crippen LogP contribution in [0.2, 0.25) is 0 Å². The number of anilines is 1. The van der Waals surface area contributed by atoms with E-state index in [4.69, 9.17) is 0 Å². The number of carbonyl (C=O) groups excluding carboxylic acids is 1. The number of benzene rings is 1. The van der Waals surface area contributed by atoms with Crippen molar-refractivity contribution >= 4 is 22.9 Å². The van der Waals surface area contributed by atoms with Gasteiger partial charge in [0.1, 0.15) is 17.4 Å². The van der Waals surface area contributed by atoms with Gasteiger partial charge < -0.3 is 5.32 Å². The third-order valence-corrected chi connectivity index (χ3v) is 4.14. The van der Waals surface area contributed by atoms with Crippen molar-refractivity contribution in [3.63, 3.8) is 0 Å². The van der Waals surface area contributed by atoms with Gasteiger partial charge in [-0.25, -0.2) is 15.0 Å². The molecule has 0 radical (unpaired) electrons. The normalized spacial score (nSPS) is 12.0. The molecule has 0 aliphatic rings. The Hall–Kier alpha value is -3.54. The molecule has 3 heterocycles. The summed E-state index contributed by atoms with van der Waals surface area (Å²) in [5.41, 5.74) is 3.28. The highest BCUT2D eigenvalue weighted by Gasteiger charge is 2.25. The van der Waals surface area contributed by atoms with Crippen LogP contribution < -0.4 is 5.32 Å². The lowest BCUT2D eigenvalue weighted by molar-refractivity contribution is -0.118. The summed E-state index contributed by atoms with van der Waals surface area (Å²) in [5.74, 6) is 0.326. The van der Waals surface area contributed by atoms with Gasteiger partial charge in [0.15, 0.2) is 5.65 Å². The number of aryl methyl sites for hydroxylation is 1. The Kier molecular flexibility index (Phi) is 4.15. The third kappa shape index (κ3) is 3.04. The first-order chi connectivity index (χ1) is 12.7. The van der Waals surface area contributed by atoms with Crippen LogP contribution in [0.15, 0.2) is 73.3 Å². The summed E-state index contributed by atoms with van der Waals surface area (Å²) in [4.78, 5) is 26.1. The maximum absolute atomic E-state index is 13.1. The van der Waals surface area contributed by atoms with E-state index in [1.165, 1.54) is 0 Å². The van der Waals surface area contributed by atoms with E-state index in [0.717, 1.165) is 16.6 Å². The molecule has 6 heteroatoms. The number of rotatable bonds is 4. The first-order valence-corrected chi connectivity index (χ1v) is 8.28. The quantitative estimate of drug-likeness (QED) is 0.617. The molecule has 26 heavy (non-hydrogen) atoms. The SMILES string of the molecule is Cc1ccnc(NC(=O)C(c2ccccc2)n2cnc3cccnc32)c1. The summed E-state index contributed by atoms with van der Waals surface area (Å²) in [7, 11) is 0. The number of hydrogen-bond donors (Lipinski definition) is 1. The van der Waals surface area contributed by atoms with Gasteiger partial charge in [-0.1, -0.05) is 30.3 Å². The molecule has 1 atom stereocenters. The number of pyridine rings is 2. The van der Waals surface area contributed by atoms with Crippen molar-refractivity contribution < 1.29 is 4.79 Å². The third-order valence-electron chi connectivity index (χ3n) is 4.14. The molecule has 0 saturated heterocycles. The Morgan fingerprint density at radius 2 is 1.85 bits per heavy atom. The summed E-state index contributed by atoms with van der Waals surface area (Å²) in [6.07, 6.45) is 5.03. The fourth-order valence-electron chi connectivity index (χ4n) is 2.93. The molecule has 3 aromatic heterocycles. The first kappa shape index (κ1) is 16.0. The topological polar surface area (TPSA) is 72.7 Å². The van der Waals surface area contributed by atoms with Gasteiger partial charge in [0.25, 0.3) is 5.91 Å². The van der Waals surface area contributed by atoms with Crippen molar-refractivity contribution in [1.29, 1.82) is 0 Å². The van der Waals surface area contributed by atoms with E-state index in [-0.39, 0.29) is 5.91 Å². The Balaban J connectivity index is 1.77. The minimum absolute atomic E-state index is 0.195. The zero-order valence-corrected chi connectivity index (χ0v) is 14.2. The van der Waals surface area contributed by atoms with Crippen molar-refractivity contribution in [2.24, 2.45) is 0 Å². The number of amides is 1. The second-order valence-corrected chi connectivity index (χ2v) is 6.02. The van der Waals surface area contributed by atoms with Crippen LogP contribution in [0.5, 0.6) is 0 Å². The van der Waals surface area contributed by atoms with Crippen LogP contribution >= 0.6 is 0 Å². The largest absolute Gasteiger partial charge is 0.309 e. The fourth-order valence-corrected chi connectivity index (χ4v) is 2.93. The molecule has 1 aromatic carbocycles. The molecule has 1 unspecified atom stereocenters. The average molecular weight is 343 g/mol. The molecule has 4 rings (SSSR count). The van der Waals surface area contributed by atoms with Gasteiger partial charge in [-0.15, -0.1) is 0 Å². The molecule has 1 N–H and O–H groups in total. The van der Waals surface area contributed by atoms with Crippen molar-refractivity contribution in [1.82, 2.24) is 19.5 Å². The Bertz CT molecular complexity index is 1060. The molecule has 0 aliphatic carbocycles. The van der Waals surface area contributed by atoms with Crippen molar-refractivity contribution in [2.75, 3.05) is 5.32 Å². The van der Waals surface area contributed by atoms with Gasteiger partial charge in [-0.3, -0.25) is 9.36 Å². The van der Waals surface area contributed by atoms with E-state index in [9.17, 15) is 4.79 Å². The molecule has 0 aliphatic heterocycles. The van der Waals surface area contributed by atoms with Gasteiger partial charge in [0.2, 0.25) is 0 Å². The van der Waals surface area contributed by atoms with Gasteiger partial charge >= 0.3 is 0 Å². The summed E-state index contributed by atoms with van der Waals surface area (Å²) >= 11 is 0. The van der Waals surface area contributed by atoms with E-state index in [2.05, 4.69) is 20.3 Å². The Labute approximate surface area is 150 Å². The number of fused-ring (bicyclic) bond motifs is 1. The van der Waals surface area contributed by atoms with Crippen molar-refractivity contribution in [3.8, 4) is 0 Å². The van der Waals surface area contributed by atoms with Crippen LogP contribution in [0, 0.1) is 6.92 Å². The summed E-state index contributed by atoms with van der Waals surface area (Å²) < 4.78 is 1.79. The molecule has 4 aromatic rings. The summed E-state index contributed by atoms with van der Waals surface area (Å²) in [6, 6.07) is 16.4. The van der Waals surface area contributed by atoms with Crippen LogP contribution in [0.3, 0.4) is 0 Å². The zero-order valence-electron chi connectivity index (χ0n) is 14.2. The fraction of sp³-hybridized carbons (Fsp3) is 0.100. The molecule has 0 saturated carbocycles. The zero-order chi connectivity index (χ0) is 17.9. The number of nitrogens with zero attached hydrogens (tertiary/aromatic N) is 4. The maximum Gasteiger partial charge on any atom is 0.253 e. The average Bonchev–Trinajstić information content (AvgIpc) is 3.07. The standard InChI is InChI=1S/C20H17N5O/c1-14-9-11-21-17(12-14)24-20(26)18(15-6-3-2-4-7-15)25-13-23-16-8-5-10-22-19(16)25/h2-13,18H,1H3,(H,21,24,26). The molecule has 0 fully saturated rings. The van der Waals surface area contributed by atoms with Gasteiger partial charge in [0, 0.05) is 12.4 Å². The lowest BCUT2D eigenvalue weighted by Gasteiger charge is -2.19. The Morgan fingerprint density at radius 3 is 2.65 bits per heavy atom. The van der Waals surface area contributed by atoms with E-state index in [1.54, 1.807) is 23.3 Å². The van der Waals surface area contributed by atoms with E-state index in [0.29, 0.717) is 11.5 Å². The minimum atomic E-state index is -0.599. The Morgan fingerprint density at radius 1 is 1.00 bits per heavy atom. The van der Waals surface area contributed by atoms with Crippen molar-refractivity contribution in [2.45, 2.75) is 13.0 Å². The van der Waals surface area contributed by atoms with Gasteiger partial charge in [0.05, 0.1) is 6.33 Å². The monoisotopic (exact) mass is 343 g/mol. The molecule has 1 amide bonds. The highest BCUT2D eigenvalue weighted by atomic mass is 16.2. The predicted octanol–water partition coefficient (Wildman–Crippen LogP) is 3.36. The van der Waals surface area contributed by atoms with Crippen molar-refractivity contribution in [3.05, 3.63) is 84.4 Å². The predicted molar refractivity (Wildman–Crippen MR) is 99.7 cm³/mol. The number of imidazole rings is 1. The van der Waals surface area contributed by atoms with E-state index >= 15 is 0 Å². The lowest BCUT2D eigenvalue weighted by Crippen LogP contribution is -2.27. The number of aromatic nitrogens is 4. The molecular weight excluding hydrogens is 326 g/mol. The molecule has 0 bridgehead atoms. The van der Waals surface area contributed by atoms with Gasteiger partial charge in [-0.2, -0.15) is 0 Å². The summed E-state index contributed by atoms with van der Waals surface area (Å²) in [5, 5.41) is 2.91. The molecule has 0 spiro atoms. The maximum atomic E-state index is 13.1. The first-order valence-electron chi connectivity index (χ1n) is 8.28. The summed E-state index contributed by atoms with van der Waals surface area (Å²) in [6.45, 7) is 1.96. The second kappa shape index (κ2) is 6.76. The smallest absolute Gasteiger partial charge is 0.253 e. The highest BCUT2D eigenvalue weighted by molar-refractivity contribution is 5.96.